The fourth-order valence-electron chi connectivity index (χ4n) is 2.05. The third-order valence-corrected chi connectivity index (χ3v) is 2.94. The number of carbonyl (C=O) groups is 2. The van der Waals surface area contributed by atoms with Crippen LogP contribution in [0.2, 0.25) is 0 Å². The highest BCUT2D eigenvalue weighted by Crippen LogP contribution is 2.29. The van der Waals surface area contributed by atoms with Gasteiger partial charge in [0.15, 0.2) is 0 Å². The number of ether oxygens (including phenoxy) is 1. The second-order valence-electron chi connectivity index (χ2n) is 4.10. The van der Waals surface area contributed by atoms with E-state index in [4.69, 9.17) is 4.74 Å². The topological polar surface area (TPSA) is 73.2 Å². The maximum atomic E-state index is 13.2. The molecule has 0 saturated carbocycles. The van der Waals surface area contributed by atoms with Crippen LogP contribution >= 0.6 is 0 Å². The molecule has 0 aliphatic carbocycles. The van der Waals surface area contributed by atoms with Crippen molar-refractivity contribution in [1.29, 1.82) is 0 Å². The van der Waals surface area contributed by atoms with E-state index in [0.29, 0.717) is 5.69 Å². The van der Waals surface area contributed by atoms with Crippen LogP contribution in [0.3, 0.4) is 0 Å². The Morgan fingerprint density at radius 2 is 2.44 bits per heavy atom. The molecule has 1 fully saturated rings. The number of nitrogens with one attached hydrogen (secondary N) is 1. The molecule has 0 aromatic carbocycles. The third-order valence-electron chi connectivity index (χ3n) is 2.94. The van der Waals surface area contributed by atoms with Crippen molar-refractivity contribution in [2.24, 2.45) is 13.0 Å². The summed E-state index contributed by atoms with van der Waals surface area (Å²) in [5, 5.41) is 6.54. The number of aryl methyl sites for hydroxylation is 1. The lowest BCUT2D eigenvalue weighted by molar-refractivity contribution is -0.151. The molecule has 0 radical (unpaired) electrons. The monoisotopic (exact) mass is 255 g/mol. The van der Waals surface area contributed by atoms with Gasteiger partial charge in [-0.2, -0.15) is 9.49 Å². The van der Waals surface area contributed by atoms with Gasteiger partial charge in [-0.3, -0.25) is 9.59 Å². The van der Waals surface area contributed by atoms with Crippen LogP contribution in [0.15, 0.2) is 6.07 Å². The van der Waals surface area contributed by atoms with Crippen LogP contribution in [0.5, 0.6) is 0 Å². The average Bonchev–Trinajstić information content (AvgIpc) is 2.84. The summed E-state index contributed by atoms with van der Waals surface area (Å²) in [7, 11) is 1.46. The largest absolute Gasteiger partial charge is 0.465 e. The van der Waals surface area contributed by atoms with Crippen LogP contribution in [-0.4, -0.2) is 34.8 Å². The number of aromatic nitrogens is 2. The first-order valence-electron chi connectivity index (χ1n) is 5.68. The van der Waals surface area contributed by atoms with E-state index in [-0.39, 0.29) is 13.2 Å². The van der Waals surface area contributed by atoms with Crippen LogP contribution in [0.4, 0.5) is 4.39 Å². The maximum Gasteiger partial charge on any atom is 0.319 e. The minimum atomic E-state index is -0.945. The molecular weight excluding hydrogens is 241 g/mol. The second-order valence-corrected chi connectivity index (χ2v) is 4.10. The highest BCUT2D eigenvalue weighted by Gasteiger charge is 2.43. The van der Waals surface area contributed by atoms with Crippen LogP contribution < -0.4 is 5.32 Å². The molecule has 2 unspecified atom stereocenters. The summed E-state index contributed by atoms with van der Waals surface area (Å²) >= 11 is 0. The minimum absolute atomic E-state index is 0.200. The van der Waals surface area contributed by atoms with Crippen molar-refractivity contribution in [2.75, 3.05) is 13.2 Å². The van der Waals surface area contributed by atoms with Crippen molar-refractivity contribution >= 4 is 11.9 Å². The number of hydrogen-bond donors (Lipinski definition) is 1. The highest BCUT2D eigenvalue weighted by molar-refractivity contribution is 6.00. The fraction of sp³-hybridized carbons (Fsp3) is 0.545. The summed E-state index contributed by atoms with van der Waals surface area (Å²) in [6, 6.07) is 1.23. The summed E-state index contributed by atoms with van der Waals surface area (Å²) in [5.74, 6) is -2.92. The summed E-state index contributed by atoms with van der Waals surface area (Å²) in [5.41, 5.74) is 0.381. The zero-order chi connectivity index (χ0) is 13.3. The van der Waals surface area contributed by atoms with Crippen molar-refractivity contribution in [1.82, 2.24) is 15.1 Å². The lowest BCUT2D eigenvalue weighted by Gasteiger charge is -2.12. The van der Waals surface area contributed by atoms with E-state index < -0.39 is 29.7 Å². The molecule has 1 aliphatic rings. The highest BCUT2D eigenvalue weighted by atomic mass is 19.1. The predicted octanol–water partition coefficient (Wildman–Crippen LogP) is -0.0481. The lowest BCUT2D eigenvalue weighted by Crippen LogP contribution is -2.29. The Kier molecular flexibility index (Phi) is 3.31. The molecule has 98 valence electrons. The van der Waals surface area contributed by atoms with Crippen LogP contribution in [0, 0.1) is 11.9 Å². The van der Waals surface area contributed by atoms with Gasteiger partial charge in [-0.15, -0.1) is 0 Å². The van der Waals surface area contributed by atoms with E-state index in [9.17, 15) is 14.0 Å². The number of hydrogen-bond acceptors (Lipinski definition) is 4. The standard InChI is InChI=1S/C11H14FN3O3/c1-3-18-11(17)9-6(5-13-10(9)16)7-4-8(12)15(2)14-7/h4,6,9H,3,5H2,1-2H3,(H,13,16). The Bertz CT molecular complexity index is 466. The van der Waals surface area contributed by atoms with Crippen molar-refractivity contribution in [3.8, 4) is 0 Å². The normalized spacial score (nSPS) is 22.9. The molecule has 2 rings (SSSR count). The molecular formula is C11H14FN3O3. The van der Waals surface area contributed by atoms with Crippen molar-refractivity contribution in [3.05, 3.63) is 17.7 Å². The van der Waals surface area contributed by atoms with E-state index in [0.717, 1.165) is 4.68 Å². The fourth-order valence-corrected chi connectivity index (χ4v) is 2.05. The van der Waals surface area contributed by atoms with Gasteiger partial charge in [0.2, 0.25) is 11.9 Å². The first kappa shape index (κ1) is 12.5. The molecule has 7 heteroatoms. The summed E-state index contributed by atoms with van der Waals surface area (Å²) < 4.78 is 19.2. The number of nitrogens with zero attached hydrogens (tertiary/aromatic N) is 2. The summed E-state index contributed by atoms with van der Waals surface area (Å²) in [6.45, 7) is 2.13. The van der Waals surface area contributed by atoms with Gasteiger partial charge >= 0.3 is 5.97 Å². The van der Waals surface area contributed by atoms with Gasteiger partial charge in [-0.1, -0.05) is 0 Å². The molecule has 6 nitrogen and oxygen atoms in total. The van der Waals surface area contributed by atoms with Crippen molar-refractivity contribution < 1.29 is 18.7 Å². The quantitative estimate of drug-likeness (QED) is 0.607. The molecule has 1 aromatic rings. The van der Waals surface area contributed by atoms with Gasteiger partial charge in [0.1, 0.15) is 5.92 Å². The van der Waals surface area contributed by atoms with E-state index in [1.54, 1.807) is 6.92 Å². The summed E-state index contributed by atoms with van der Waals surface area (Å²) in [4.78, 5) is 23.3. The number of halogens is 1. The molecule has 2 atom stereocenters. The maximum absolute atomic E-state index is 13.2. The molecule has 1 N–H and O–H groups in total. The minimum Gasteiger partial charge on any atom is -0.465 e. The van der Waals surface area contributed by atoms with Gasteiger partial charge in [-0.05, 0) is 6.92 Å². The SMILES string of the molecule is CCOC(=O)C1C(=O)NCC1c1cc(F)n(C)n1. The van der Waals surface area contributed by atoms with E-state index in [1.807, 2.05) is 0 Å². The number of esters is 1. The number of amides is 1. The van der Waals surface area contributed by atoms with Crippen LogP contribution in [0.1, 0.15) is 18.5 Å². The smallest absolute Gasteiger partial charge is 0.319 e. The molecule has 18 heavy (non-hydrogen) atoms. The van der Waals surface area contributed by atoms with Crippen molar-refractivity contribution in [2.45, 2.75) is 12.8 Å². The third kappa shape index (κ3) is 2.07. The Morgan fingerprint density at radius 1 is 1.72 bits per heavy atom. The van der Waals surface area contributed by atoms with Gasteiger partial charge < -0.3 is 10.1 Å². The Labute approximate surface area is 103 Å². The van der Waals surface area contributed by atoms with Gasteiger partial charge in [0.05, 0.1) is 12.3 Å². The van der Waals surface area contributed by atoms with Crippen LogP contribution in [0.25, 0.3) is 0 Å². The Hall–Kier alpha value is -1.92. The van der Waals surface area contributed by atoms with E-state index in [2.05, 4.69) is 10.4 Å². The van der Waals surface area contributed by atoms with Crippen LogP contribution in [-0.2, 0) is 21.4 Å². The first-order chi connectivity index (χ1) is 8.54. The molecule has 1 saturated heterocycles. The first-order valence-corrected chi connectivity index (χ1v) is 5.68. The molecule has 1 amide bonds. The van der Waals surface area contributed by atoms with E-state index >= 15 is 0 Å². The average molecular weight is 255 g/mol. The Balaban J connectivity index is 2.26. The van der Waals surface area contributed by atoms with Gasteiger partial charge in [-0.25, -0.2) is 4.68 Å². The Morgan fingerprint density at radius 3 is 3.00 bits per heavy atom. The van der Waals surface area contributed by atoms with Gasteiger partial charge in [0.25, 0.3) is 0 Å². The number of rotatable bonds is 3. The molecule has 1 aliphatic heterocycles. The molecule has 2 heterocycles. The van der Waals surface area contributed by atoms with Crippen molar-refractivity contribution in [3.63, 3.8) is 0 Å². The molecule has 1 aromatic heterocycles. The lowest BCUT2D eigenvalue weighted by atomic mass is 9.92. The summed E-state index contributed by atoms with van der Waals surface area (Å²) in [6.07, 6.45) is 0. The predicted molar refractivity (Wildman–Crippen MR) is 59.0 cm³/mol. The zero-order valence-corrected chi connectivity index (χ0v) is 10.1. The molecule has 0 bridgehead atoms. The number of carbonyl (C=O) groups excluding carboxylic acids is 2. The second kappa shape index (κ2) is 4.75. The zero-order valence-electron chi connectivity index (χ0n) is 10.1. The van der Waals surface area contributed by atoms with E-state index in [1.165, 1.54) is 13.1 Å². The molecule has 0 spiro atoms. The van der Waals surface area contributed by atoms with Gasteiger partial charge in [0, 0.05) is 25.6 Å².